The molecule has 0 aromatic heterocycles. The van der Waals surface area contributed by atoms with Gasteiger partial charge in [-0.15, -0.1) is 24.8 Å². The summed E-state index contributed by atoms with van der Waals surface area (Å²) < 4.78 is 0. The van der Waals surface area contributed by atoms with Gasteiger partial charge in [-0.2, -0.15) is 0 Å². The molecule has 1 N–H and O–H groups in total. The van der Waals surface area contributed by atoms with Crippen molar-refractivity contribution in [1.29, 1.82) is 0 Å². The molecule has 2 atom stereocenters. The SMILES string of the molecule is C[C@@H]1CN(C2CC2)[C@H](C)CN1.Cl.Cl. The predicted molar refractivity (Wildman–Crippen MR) is 61.2 cm³/mol. The first-order valence-corrected chi connectivity index (χ1v) is 4.76. The summed E-state index contributed by atoms with van der Waals surface area (Å²) >= 11 is 0. The van der Waals surface area contributed by atoms with Crippen LogP contribution in [-0.4, -0.2) is 36.1 Å². The molecule has 1 aliphatic heterocycles. The Labute approximate surface area is 93.3 Å². The van der Waals surface area contributed by atoms with E-state index in [4.69, 9.17) is 0 Å². The van der Waals surface area contributed by atoms with Gasteiger partial charge in [0.1, 0.15) is 0 Å². The van der Waals surface area contributed by atoms with Crippen LogP contribution in [0.1, 0.15) is 26.7 Å². The van der Waals surface area contributed by atoms with E-state index in [-0.39, 0.29) is 24.8 Å². The Kier molecular flexibility index (Phi) is 5.61. The van der Waals surface area contributed by atoms with Crippen molar-refractivity contribution in [3.8, 4) is 0 Å². The van der Waals surface area contributed by atoms with E-state index < -0.39 is 0 Å². The monoisotopic (exact) mass is 226 g/mol. The molecule has 0 aromatic carbocycles. The fourth-order valence-corrected chi connectivity index (χ4v) is 1.96. The topological polar surface area (TPSA) is 15.3 Å². The van der Waals surface area contributed by atoms with Crippen LogP contribution in [0, 0.1) is 0 Å². The van der Waals surface area contributed by atoms with E-state index in [1.165, 1.54) is 25.9 Å². The molecule has 2 aliphatic rings. The van der Waals surface area contributed by atoms with E-state index in [2.05, 4.69) is 24.1 Å². The molecule has 0 spiro atoms. The highest BCUT2D eigenvalue weighted by atomic mass is 35.5. The first-order chi connectivity index (χ1) is 5.27. The third kappa shape index (κ3) is 3.28. The minimum Gasteiger partial charge on any atom is -0.311 e. The van der Waals surface area contributed by atoms with Crippen LogP contribution in [0.15, 0.2) is 0 Å². The maximum absolute atomic E-state index is 3.50. The molecule has 2 nitrogen and oxygen atoms in total. The second-order valence-electron chi connectivity index (χ2n) is 4.09. The number of halogens is 2. The molecule has 0 aromatic rings. The molecule has 4 heteroatoms. The third-order valence-corrected chi connectivity index (χ3v) is 2.83. The third-order valence-electron chi connectivity index (χ3n) is 2.83. The Hall–Kier alpha value is 0.500. The highest BCUT2D eigenvalue weighted by molar-refractivity contribution is 5.85. The molecule has 0 radical (unpaired) electrons. The van der Waals surface area contributed by atoms with Crippen molar-refractivity contribution >= 4 is 24.8 Å². The van der Waals surface area contributed by atoms with Gasteiger partial charge in [-0.3, -0.25) is 4.90 Å². The van der Waals surface area contributed by atoms with Crippen LogP contribution < -0.4 is 5.32 Å². The smallest absolute Gasteiger partial charge is 0.0196 e. The van der Waals surface area contributed by atoms with Crippen LogP contribution in [0.5, 0.6) is 0 Å². The average Bonchev–Trinajstić information content (AvgIpc) is 2.76. The Morgan fingerprint density at radius 3 is 2.31 bits per heavy atom. The van der Waals surface area contributed by atoms with Crippen LogP contribution in [0.25, 0.3) is 0 Å². The van der Waals surface area contributed by atoms with Crippen molar-refractivity contribution in [3.05, 3.63) is 0 Å². The first kappa shape index (κ1) is 13.5. The largest absolute Gasteiger partial charge is 0.311 e. The number of piperazine rings is 1. The van der Waals surface area contributed by atoms with E-state index in [0.717, 1.165) is 12.1 Å². The van der Waals surface area contributed by atoms with Gasteiger partial charge in [0.2, 0.25) is 0 Å². The number of nitrogens with zero attached hydrogens (tertiary/aromatic N) is 1. The lowest BCUT2D eigenvalue weighted by atomic mass is 10.1. The van der Waals surface area contributed by atoms with Crippen molar-refractivity contribution in [2.75, 3.05) is 13.1 Å². The van der Waals surface area contributed by atoms with Crippen molar-refractivity contribution in [2.24, 2.45) is 0 Å². The quantitative estimate of drug-likeness (QED) is 0.733. The van der Waals surface area contributed by atoms with Crippen LogP contribution in [0.3, 0.4) is 0 Å². The minimum absolute atomic E-state index is 0. The van der Waals surface area contributed by atoms with E-state index in [1.807, 2.05) is 0 Å². The van der Waals surface area contributed by atoms with Gasteiger partial charge < -0.3 is 5.32 Å². The Bertz CT molecular complexity index is 151. The van der Waals surface area contributed by atoms with Crippen molar-refractivity contribution in [1.82, 2.24) is 10.2 Å². The van der Waals surface area contributed by atoms with Crippen molar-refractivity contribution in [2.45, 2.75) is 44.8 Å². The second kappa shape index (κ2) is 5.40. The molecule has 1 heterocycles. The van der Waals surface area contributed by atoms with Crippen LogP contribution >= 0.6 is 24.8 Å². The van der Waals surface area contributed by atoms with Gasteiger partial charge in [0.25, 0.3) is 0 Å². The summed E-state index contributed by atoms with van der Waals surface area (Å²) in [5.41, 5.74) is 0. The summed E-state index contributed by atoms with van der Waals surface area (Å²) in [6.07, 6.45) is 2.88. The molecular weight excluding hydrogens is 207 g/mol. The van der Waals surface area contributed by atoms with Crippen LogP contribution in [0.2, 0.25) is 0 Å². The van der Waals surface area contributed by atoms with E-state index in [9.17, 15) is 0 Å². The molecule has 1 aliphatic carbocycles. The maximum Gasteiger partial charge on any atom is 0.0196 e. The molecule has 0 bridgehead atoms. The van der Waals surface area contributed by atoms with Crippen molar-refractivity contribution in [3.63, 3.8) is 0 Å². The van der Waals surface area contributed by atoms with Gasteiger partial charge >= 0.3 is 0 Å². The number of hydrogen-bond donors (Lipinski definition) is 1. The standard InChI is InChI=1S/C9H18N2.2ClH/c1-7-6-11(9-3-4-9)8(2)5-10-7;;/h7-10H,3-6H2,1-2H3;2*1H/t7-,8-;;/m1../s1. The summed E-state index contributed by atoms with van der Waals surface area (Å²) in [7, 11) is 0. The fourth-order valence-electron chi connectivity index (χ4n) is 1.96. The molecular formula is C9H20Cl2N2. The first-order valence-electron chi connectivity index (χ1n) is 4.76. The Morgan fingerprint density at radius 1 is 1.15 bits per heavy atom. The lowest BCUT2D eigenvalue weighted by Crippen LogP contribution is -2.54. The van der Waals surface area contributed by atoms with Crippen LogP contribution in [0.4, 0.5) is 0 Å². The summed E-state index contributed by atoms with van der Waals surface area (Å²) in [4.78, 5) is 2.67. The average molecular weight is 227 g/mol. The summed E-state index contributed by atoms with van der Waals surface area (Å²) in [5, 5.41) is 3.50. The van der Waals surface area contributed by atoms with E-state index >= 15 is 0 Å². The molecule has 1 saturated heterocycles. The van der Waals surface area contributed by atoms with Crippen LogP contribution in [-0.2, 0) is 0 Å². The molecule has 2 rings (SSSR count). The maximum atomic E-state index is 3.50. The van der Waals surface area contributed by atoms with Crippen molar-refractivity contribution < 1.29 is 0 Å². The molecule has 0 unspecified atom stereocenters. The predicted octanol–water partition coefficient (Wildman–Crippen LogP) is 1.67. The summed E-state index contributed by atoms with van der Waals surface area (Å²) in [6, 6.07) is 2.40. The summed E-state index contributed by atoms with van der Waals surface area (Å²) in [5.74, 6) is 0. The Morgan fingerprint density at radius 2 is 1.77 bits per heavy atom. The lowest BCUT2D eigenvalue weighted by molar-refractivity contribution is 0.138. The van der Waals surface area contributed by atoms with E-state index in [1.54, 1.807) is 0 Å². The lowest BCUT2D eigenvalue weighted by Gasteiger charge is -2.37. The number of rotatable bonds is 1. The zero-order valence-electron chi connectivity index (χ0n) is 8.32. The Balaban J connectivity index is 0.000000720. The molecule has 80 valence electrons. The molecule has 1 saturated carbocycles. The zero-order chi connectivity index (χ0) is 7.84. The second-order valence-corrected chi connectivity index (χ2v) is 4.09. The summed E-state index contributed by atoms with van der Waals surface area (Å²) in [6.45, 7) is 7.04. The number of nitrogens with one attached hydrogen (secondary N) is 1. The van der Waals surface area contributed by atoms with Gasteiger partial charge in [0.05, 0.1) is 0 Å². The van der Waals surface area contributed by atoms with Gasteiger partial charge in [0, 0.05) is 31.2 Å². The van der Waals surface area contributed by atoms with Gasteiger partial charge in [-0.25, -0.2) is 0 Å². The molecule has 2 fully saturated rings. The highest BCUT2D eigenvalue weighted by Crippen LogP contribution is 2.29. The normalized spacial score (nSPS) is 34.6. The van der Waals surface area contributed by atoms with Gasteiger partial charge in [0.15, 0.2) is 0 Å². The molecule has 0 amide bonds. The van der Waals surface area contributed by atoms with Gasteiger partial charge in [-0.05, 0) is 26.7 Å². The highest BCUT2D eigenvalue weighted by Gasteiger charge is 2.34. The fraction of sp³-hybridized carbons (Fsp3) is 1.00. The van der Waals surface area contributed by atoms with E-state index in [0.29, 0.717) is 6.04 Å². The zero-order valence-corrected chi connectivity index (χ0v) is 9.96. The number of hydrogen-bond acceptors (Lipinski definition) is 2. The van der Waals surface area contributed by atoms with Gasteiger partial charge in [-0.1, -0.05) is 0 Å². The molecule has 13 heavy (non-hydrogen) atoms. The minimum atomic E-state index is 0.